The zero-order valence-corrected chi connectivity index (χ0v) is 19.5. The van der Waals surface area contributed by atoms with Crippen molar-refractivity contribution in [2.24, 2.45) is 5.92 Å². The van der Waals surface area contributed by atoms with Crippen molar-refractivity contribution in [1.82, 2.24) is 5.48 Å². The first-order valence-corrected chi connectivity index (χ1v) is 13.8. The van der Waals surface area contributed by atoms with Crippen LogP contribution in [0.15, 0.2) is 0 Å². The van der Waals surface area contributed by atoms with Gasteiger partial charge < -0.3 is 8.85 Å². The molecule has 1 rings (SSSR count). The molecule has 0 aromatic rings. The summed E-state index contributed by atoms with van der Waals surface area (Å²) in [5.41, 5.74) is 3.12. The number of thioether (sulfide) groups is 1. The maximum absolute atomic E-state index is 12.0. The highest BCUT2D eigenvalue weighted by molar-refractivity contribution is 8.13. The van der Waals surface area contributed by atoms with Gasteiger partial charge in [0.25, 0.3) is 0 Å². The van der Waals surface area contributed by atoms with E-state index in [1.807, 2.05) is 0 Å². The number of hydrogen-bond acceptors (Lipinski definition) is 6. The minimum Gasteiger partial charge on any atom is -0.376 e. The summed E-state index contributed by atoms with van der Waals surface area (Å²) >= 11 is 1.45. The van der Waals surface area contributed by atoms with E-state index in [2.05, 4.69) is 19.3 Å². The Morgan fingerprint density at radius 1 is 1.15 bits per heavy atom. The second-order valence-electron chi connectivity index (χ2n) is 7.47. The summed E-state index contributed by atoms with van der Waals surface area (Å²) in [6, 6.07) is 0.757. The molecule has 2 atom stereocenters. The van der Waals surface area contributed by atoms with Gasteiger partial charge in [-0.2, -0.15) is 0 Å². The lowest BCUT2D eigenvalue weighted by Gasteiger charge is -2.32. The number of nitrogens with one attached hydrogen (secondary N) is 1. The molecule has 1 aliphatic heterocycles. The van der Waals surface area contributed by atoms with Gasteiger partial charge in [-0.3, -0.25) is 9.32 Å². The maximum Gasteiger partial charge on any atom is 0.517 e. The van der Waals surface area contributed by atoms with Crippen LogP contribution in [-0.4, -0.2) is 39.9 Å². The van der Waals surface area contributed by atoms with Crippen LogP contribution >= 0.6 is 11.8 Å². The van der Waals surface area contributed by atoms with Crippen LogP contribution in [-0.2, 0) is 18.2 Å². The van der Waals surface area contributed by atoms with E-state index in [-0.39, 0.29) is 0 Å². The largest absolute Gasteiger partial charge is 0.517 e. The van der Waals surface area contributed by atoms with E-state index in [1.54, 1.807) is 7.11 Å². The van der Waals surface area contributed by atoms with Crippen LogP contribution in [0.2, 0.25) is 6.04 Å². The van der Waals surface area contributed by atoms with Crippen LogP contribution in [0.25, 0.3) is 0 Å². The molecule has 7 heteroatoms. The Kier molecular flexibility index (Phi) is 14.8. The van der Waals surface area contributed by atoms with Gasteiger partial charge in [-0.15, -0.1) is 0 Å². The summed E-state index contributed by atoms with van der Waals surface area (Å²) in [6.07, 6.45) is 12.3. The Hall–Kier alpha value is 0.0769. The Morgan fingerprint density at radius 3 is 2.67 bits per heavy atom. The fourth-order valence-electron chi connectivity index (χ4n) is 3.27. The summed E-state index contributed by atoms with van der Waals surface area (Å²) in [4.78, 5) is 12.0. The molecule has 27 heavy (non-hydrogen) atoms. The van der Waals surface area contributed by atoms with Crippen molar-refractivity contribution in [1.29, 1.82) is 0 Å². The molecule has 0 aromatic carbocycles. The monoisotopic (exact) mass is 419 g/mol. The summed E-state index contributed by atoms with van der Waals surface area (Å²) in [5, 5.41) is 0.316. The Balaban J connectivity index is 2.20. The SMILES string of the molecule is CCCCCCCC(=O)SCCC[Si]1(OC)OCCC(CCCC)CNO1. The highest BCUT2D eigenvalue weighted by Gasteiger charge is 2.41. The van der Waals surface area contributed by atoms with Crippen molar-refractivity contribution in [2.75, 3.05) is 26.0 Å². The van der Waals surface area contributed by atoms with Gasteiger partial charge in [0.05, 0.1) is 0 Å². The standard InChI is InChI=1S/C20H41NO4SSi/c1-4-6-8-9-10-13-20(22)26-16-11-17-27(23-3)24-15-14-19(12-7-5-2)18-21-25-27/h19,21H,4-18H2,1-3H3. The zero-order chi connectivity index (χ0) is 19.8. The van der Waals surface area contributed by atoms with Gasteiger partial charge >= 0.3 is 8.80 Å². The molecule has 0 saturated carbocycles. The number of hydrogen-bond donors (Lipinski definition) is 1. The molecule has 1 fully saturated rings. The van der Waals surface area contributed by atoms with E-state index < -0.39 is 8.80 Å². The number of carbonyl (C=O) groups excluding carboxylic acids is 1. The third-order valence-corrected chi connectivity index (χ3v) is 8.81. The van der Waals surface area contributed by atoms with Crippen molar-refractivity contribution in [3.8, 4) is 0 Å². The van der Waals surface area contributed by atoms with Gasteiger partial charge in [-0.05, 0) is 31.6 Å². The highest BCUT2D eigenvalue weighted by Crippen LogP contribution is 2.23. The lowest BCUT2D eigenvalue weighted by atomic mass is 9.99. The van der Waals surface area contributed by atoms with Gasteiger partial charge in [0.15, 0.2) is 5.12 Å². The van der Waals surface area contributed by atoms with Crippen molar-refractivity contribution < 1.29 is 18.2 Å². The average Bonchev–Trinajstić information content (AvgIpc) is 2.66. The first kappa shape index (κ1) is 25.1. The molecule has 1 N–H and O–H groups in total. The summed E-state index contributed by atoms with van der Waals surface area (Å²) in [7, 11) is -0.969. The molecule has 0 spiro atoms. The Bertz CT molecular complexity index is 377. The molecule has 0 bridgehead atoms. The molecule has 2 unspecified atom stereocenters. The zero-order valence-electron chi connectivity index (χ0n) is 17.7. The molecule has 0 radical (unpaired) electrons. The Morgan fingerprint density at radius 2 is 1.93 bits per heavy atom. The molecule has 1 aliphatic rings. The molecule has 160 valence electrons. The lowest BCUT2D eigenvalue weighted by Crippen LogP contribution is -2.51. The van der Waals surface area contributed by atoms with E-state index in [9.17, 15) is 4.79 Å². The van der Waals surface area contributed by atoms with Crippen molar-refractivity contribution in [2.45, 2.75) is 90.5 Å². The summed E-state index contributed by atoms with van der Waals surface area (Å²) in [5.74, 6) is 1.43. The third kappa shape index (κ3) is 11.6. The van der Waals surface area contributed by atoms with Crippen molar-refractivity contribution >= 4 is 25.7 Å². The molecule has 0 amide bonds. The molecular formula is C20H41NO4SSi. The summed E-state index contributed by atoms with van der Waals surface area (Å²) < 4.78 is 17.6. The Labute approximate surface area is 172 Å². The smallest absolute Gasteiger partial charge is 0.376 e. The molecule has 0 aromatic heterocycles. The molecular weight excluding hydrogens is 378 g/mol. The van der Waals surface area contributed by atoms with E-state index >= 15 is 0 Å². The topological polar surface area (TPSA) is 56.8 Å². The summed E-state index contributed by atoms with van der Waals surface area (Å²) in [6.45, 7) is 6.01. The van der Waals surface area contributed by atoms with Crippen molar-refractivity contribution in [3.05, 3.63) is 0 Å². The first-order chi connectivity index (χ1) is 13.2. The number of unbranched alkanes of at least 4 members (excludes halogenated alkanes) is 5. The van der Waals surface area contributed by atoms with Crippen LogP contribution in [0.4, 0.5) is 0 Å². The highest BCUT2D eigenvalue weighted by atomic mass is 32.2. The fourth-order valence-corrected chi connectivity index (χ4v) is 6.38. The number of carbonyl (C=O) groups is 1. The predicted molar refractivity (Wildman–Crippen MR) is 116 cm³/mol. The van der Waals surface area contributed by atoms with Crippen LogP contribution in [0.3, 0.4) is 0 Å². The minimum atomic E-state index is -2.65. The van der Waals surface area contributed by atoms with Gasteiger partial charge in [0, 0.05) is 38.5 Å². The van der Waals surface area contributed by atoms with Crippen molar-refractivity contribution in [3.63, 3.8) is 0 Å². The van der Waals surface area contributed by atoms with E-state index in [4.69, 9.17) is 13.4 Å². The lowest BCUT2D eigenvalue weighted by molar-refractivity contribution is -0.111. The van der Waals surface area contributed by atoms with Crippen LogP contribution in [0.5, 0.6) is 0 Å². The second-order valence-corrected chi connectivity index (χ2v) is 11.4. The normalized spacial score (nSPS) is 23.7. The first-order valence-electron chi connectivity index (χ1n) is 10.9. The predicted octanol–water partition coefficient (Wildman–Crippen LogP) is 5.33. The van der Waals surface area contributed by atoms with Gasteiger partial charge in [-0.25, -0.2) is 5.48 Å². The van der Waals surface area contributed by atoms with Gasteiger partial charge in [0.2, 0.25) is 0 Å². The average molecular weight is 420 g/mol. The third-order valence-electron chi connectivity index (χ3n) is 5.10. The molecule has 1 saturated heterocycles. The van der Waals surface area contributed by atoms with Crippen LogP contribution in [0.1, 0.15) is 84.5 Å². The van der Waals surface area contributed by atoms with Gasteiger partial charge in [0.1, 0.15) is 0 Å². The second kappa shape index (κ2) is 15.9. The minimum absolute atomic E-state index is 0.316. The number of hydroxylamine groups is 1. The number of rotatable bonds is 14. The fraction of sp³-hybridized carbons (Fsp3) is 0.950. The quantitative estimate of drug-likeness (QED) is 0.303. The molecule has 0 aliphatic carbocycles. The van der Waals surface area contributed by atoms with Crippen LogP contribution < -0.4 is 5.48 Å². The van der Waals surface area contributed by atoms with Crippen LogP contribution in [0, 0.1) is 5.92 Å². The maximum atomic E-state index is 12.0. The van der Waals surface area contributed by atoms with E-state index in [1.165, 1.54) is 56.7 Å². The van der Waals surface area contributed by atoms with E-state index in [0.717, 1.165) is 37.6 Å². The molecule has 1 heterocycles. The van der Waals surface area contributed by atoms with Gasteiger partial charge in [-0.1, -0.05) is 64.1 Å². The molecule has 5 nitrogen and oxygen atoms in total. The van der Waals surface area contributed by atoms with E-state index in [0.29, 0.717) is 24.1 Å².